The van der Waals surface area contributed by atoms with Crippen LogP contribution in [0.15, 0.2) is 43.3 Å². The molecule has 3 rings (SSSR count). The van der Waals surface area contributed by atoms with E-state index in [-0.39, 0.29) is 5.91 Å². The summed E-state index contributed by atoms with van der Waals surface area (Å²) in [4.78, 5) is 25.6. The number of aromatic nitrogens is 2. The molecule has 1 fully saturated rings. The average molecular weight is 480 g/mol. The van der Waals surface area contributed by atoms with Crippen LogP contribution in [0.25, 0.3) is 5.57 Å². The van der Waals surface area contributed by atoms with Gasteiger partial charge in [0.1, 0.15) is 11.9 Å². The van der Waals surface area contributed by atoms with Crippen molar-refractivity contribution in [3.8, 4) is 5.75 Å². The summed E-state index contributed by atoms with van der Waals surface area (Å²) in [5.74, 6) is 0.663. The van der Waals surface area contributed by atoms with Gasteiger partial charge in [-0.2, -0.15) is 0 Å². The van der Waals surface area contributed by atoms with E-state index in [1.54, 1.807) is 19.4 Å². The van der Waals surface area contributed by atoms with Crippen LogP contribution in [0.2, 0.25) is 0 Å². The minimum absolute atomic E-state index is 0.291. The van der Waals surface area contributed by atoms with E-state index in [0.717, 1.165) is 31.6 Å². The molecule has 0 unspecified atom stereocenters. The number of hydrogen-bond donors (Lipinski definition) is 4. The van der Waals surface area contributed by atoms with E-state index in [1.165, 1.54) is 12.3 Å². The molecule has 0 aliphatic carbocycles. The Morgan fingerprint density at radius 3 is 2.66 bits per heavy atom. The molecule has 1 amide bonds. The molecule has 5 N–H and O–H groups in total. The molecule has 0 radical (unpaired) electrons. The van der Waals surface area contributed by atoms with E-state index in [2.05, 4.69) is 51.1 Å². The Morgan fingerprint density at radius 2 is 2.06 bits per heavy atom. The van der Waals surface area contributed by atoms with E-state index in [4.69, 9.17) is 10.1 Å². The SMILES string of the molecule is C=CC(=O)Nc1cc(Nc2nccc(/C(C=N)=C/[NH2+]C)n2)c(OC)cc1N1CCC(N(C)C)CC1. The van der Waals surface area contributed by atoms with Gasteiger partial charge in [-0.1, -0.05) is 6.58 Å². The Labute approximate surface area is 206 Å². The first kappa shape index (κ1) is 25.9. The number of piperidine rings is 1. The molecular weight excluding hydrogens is 444 g/mol. The number of ether oxygens (including phenoxy) is 1. The maximum absolute atomic E-state index is 12.2. The molecule has 1 saturated heterocycles. The number of benzene rings is 1. The van der Waals surface area contributed by atoms with Crippen LogP contribution in [0.5, 0.6) is 5.75 Å². The highest BCUT2D eigenvalue weighted by atomic mass is 16.5. The number of nitrogens with one attached hydrogen (secondary N) is 3. The molecule has 186 valence electrons. The lowest BCUT2D eigenvalue weighted by atomic mass is 10.0. The van der Waals surface area contributed by atoms with Crippen LogP contribution in [-0.2, 0) is 4.79 Å². The van der Waals surface area contributed by atoms with Crippen LogP contribution in [0, 0.1) is 5.41 Å². The third-order valence-electron chi connectivity index (χ3n) is 6.00. The summed E-state index contributed by atoms with van der Waals surface area (Å²) in [6.07, 6.45) is 8.02. The minimum Gasteiger partial charge on any atom is -0.494 e. The smallest absolute Gasteiger partial charge is 0.247 e. The van der Waals surface area contributed by atoms with E-state index < -0.39 is 0 Å². The fourth-order valence-corrected chi connectivity index (χ4v) is 4.09. The minimum atomic E-state index is -0.291. The molecule has 10 nitrogen and oxygen atoms in total. The van der Waals surface area contributed by atoms with Gasteiger partial charge >= 0.3 is 0 Å². The van der Waals surface area contributed by atoms with Crippen molar-refractivity contribution in [1.82, 2.24) is 14.9 Å². The summed E-state index contributed by atoms with van der Waals surface area (Å²) < 4.78 is 5.69. The number of nitrogens with two attached hydrogens (primary N) is 1. The van der Waals surface area contributed by atoms with Crippen LogP contribution in [0.4, 0.5) is 23.0 Å². The molecule has 1 aromatic carbocycles. The zero-order valence-electron chi connectivity index (χ0n) is 20.8. The van der Waals surface area contributed by atoms with Gasteiger partial charge in [0.05, 0.1) is 42.5 Å². The Balaban J connectivity index is 1.96. The number of quaternary nitrogens is 1. The number of anilines is 4. The highest BCUT2D eigenvalue weighted by Gasteiger charge is 2.24. The highest BCUT2D eigenvalue weighted by Crippen LogP contribution is 2.39. The first-order valence-corrected chi connectivity index (χ1v) is 11.6. The number of carbonyl (C=O) groups is 1. The normalized spacial score (nSPS) is 14.5. The van der Waals surface area contributed by atoms with Crippen molar-refractivity contribution < 1.29 is 14.8 Å². The molecular formula is C25H35N8O2+. The third kappa shape index (κ3) is 6.43. The van der Waals surface area contributed by atoms with Gasteiger partial charge in [-0.05, 0) is 45.1 Å². The Kier molecular flexibility index (Phi) is 8.93. The average Bonchev–Trinajstić information content (AvgIpc) is 2.87. The molecule has 2 aromatic rings. The lowest BCUT2D eigenvalue weighted by Gasteiger charge is -2.37. The lowest BCUT2D eigenvalue weighted by Crippen LogP contribution is -2.72. The molecule has 1 aliphatic rings. The summed E-state index contributed by atoms with van der Waals surface area (Å²) in [5.41, 5.74) is 3.44. The van der Waals surface area contributed by atoms with Crippen molar-refractivity contribution in [2.75, 3.05) is 56.9 Å². The number of hydrogen-bond acceptors (Lipinski definition) is 8. The van der Waals surface area contributed by atoms with Gasteiger partial charge in [0.25, 0.3) is 0 Å². The monoisotopic (exact) mass is 479 g/mol. The Bertz CT molecular complexity index is 1090. The van der Waals surface area contributed by atoms with Crippen LogP contribution < -0.4 is 25.6 Å². The standard InChI is InChI=1S/C25H34N8O2/c1-6-24(34)29-20-13-21(31-25-28-10-7-19(30-25)17(15-26)16-27-2)23(35-5)14-22(20)33-11-8-18(9-12-33)32(3)4/h6-7,10,13-16,18,26-27H,1,8-9,11-12H2,2-5H3,(H,29,34)(H,28,30,31)/p+1/b17-16+,26-15?. The Morgan fingerprint density at radius 1 is 1.31 bits per heavy atom. The second-order valence-corrected chi connectivity index (χ2v) is 8.44. The highest BCUT2D eigenvalue weighted by molar-refractivity contribution is 6.07. The van der Waals surface area contributed by atoms with Gasteiger partial charge in [0, 0.05) is 37.6 Å². The topological polar surface area (TPSA) is 123 Å². The van der Waals surface area contributed by atoms with Crippen molar-refractivity contribution in [2.45, 2.75) is 18.9 Å². The molecule has 1 aromatic heterocycles. The summed E-state index contributed by atoms with van der Waals surface area (Å²) in [6, 6.07) is 6.04. The van der Waals surface area contributed by atoms with E-state index in [0.29, 0.717) is 40.4 Å². The molecule has 0 saturated carbocycles. The first-order chi connectivity index (χ1) is 16.9. The zero-order valence-corrected chi connectivity index (χ0v) is 20.8. The predicted octanol–water partition coefficient (Wildman–Crippen LogP) is 2.07. The maximum Gasteiger partial charge on any atom is 0.247 e. The van der Waals surface area contributed by atoms with Crippen molar-refractivity contribution >= 4 is 40.7 Å². The van der Waals surface area contributed by atoms with Gasteiger partial charge in [-0.15, -0.1) is 0 Å². The second-order valence-electron chi connectivity index (χ2n) is 8.44. The van der Waals surface area contributed by atoms with Crippen LogP contribution >= 0.6 is 0 Å². The fourth-order valence-electron chi connectivity index (χ4n) is 4.09. The van der Waals surface area contributed by atoms with Gasteiger partial charge in [-0.3, -0.25) is 4.79 Å². The van der Waals surface area contributed by atoms with Gasteiger partial charge < -0.3 is 35.9 Å². The van der Waals surface area contributed by atoms with Crippen LogP contribution in [0.3, 0.4) is 0 Å². The van der Waals surface area contributed by atoms with Crippen LogP contribution in [-0.4, -0.2) is 74.4 Å². The second kappa shape index (κ2) is 12.1. The predicted molar refractivity (Wildman–Crippen MR) is 141 cm³/mol. The number of amides is 1. The third-order valence-corrected chi connectivity index (χ3v) is 6.00. The number of carbonyl (C=O) groups excluding carboxylic acids is 1. The molecule has 35 heavy (non-hydrogen) atoms. The van der Waals surface area contributed by atoms with Gasteiger partial charge in [0.2, 0.25) is 11.9 Å². The zero-order chi connectivity index (χ0) is 25.4. The van der Waals surface area contributed by atoms with E-state index >= 15 is 0 Å². The largest absolute Gasteiger partial charge is 0.494 e. The maximum atomic E-state index is 12.2. The summed E-state index contributed by atoms with van der Waals surface area (Å²) >= 11 is 0. The fraction of sp³-hybridized carbons (Fsp3) is 0.360. The van der Waals surface area contributed by atoms with Crippen molar-refractivity contribution in [3.05, 3.63) is 48.9 Å². The lowest BCUT2D eigenvalue weighted by molar-refractivity contribution is -0.555. The number of nitrogens with zero attached hydrogens (tertiary/aromatic N) is 4. The van der Waals surface area contributed by atoms with Gasteiger partial charge in [-0.25, -0.2) is 9.97 Å². The molecule has 0 bridgehead atoms. The Hall–Kier alpha value is -3.76. The number of rotatable bonds is 10. The molecule has 2 heterocycles. The summed E-state index contributed by atoms with van der Waals surface area (Å²) in [7, 11) is 7.71. The van der Waals surface area contributed by atoms with E-state index in [1.807, 2.05) is 30.7 Å². The van der Waals surface area contributed by atoms with Gasteiger partial charge in [0.15, 0.2) is 0 Å². The first-order valence-electron chi connectivity index (χ1n) is 11.6. The number of allylic oxidation sites excluding steroid dienone is 1. The molecule has 10 heteroatoms. The van der Waals surface area contributed by atoms with E-state index in [9.17, 15) is 4.79 Å². The number of methoxy groups -OCH3 is 1. The molecule has 0 atom stereocenters. The quantitative estimate of drug-likeness (QED) is 0.304. The summed E-state index contributed by atoms with van der Waals surface area (Å²) in [5, 5.41) is 15.7. The van der Waals surface area contributed by atoms with Crippen molar-refractivity contribution in [1.29, 1.82) is 5.41 Å². The molecule has 0 spiro atoms. The summed E-state index contributed by atoms with van der Waals surface area (Å²) in [6.45, 7) is 5.32. The van der Waals surface area contributed by atoms with Crippen molar-refractivity contribution in [3.63, 3.8) is 0 Å². The van der Waals surface area contributed by atoms with Crippen molar-refractivity contribution in [2.24, 2.45) is 0 Å². The molecule has 1 aliphatic heterocycles. The van der Waals surface area contributed by atoms with Crippen LogP contribution in [0.1, 0.15) is 18.5 Å².